The minimum Gasteiger partial charge on any atom is -0.341 e. The van der Waals surface area contributed by atoms with Crippen molar-refractivity contribution in [3.8, 4) is 0 Å². The van der Waals surface area contributed by atoms with Gasteiger partial charge in [0.15, 0.2) is 0 Å². The second kappa shape index (κ2) is 3.87. The first-order valence-electron chi connectivity index (χ1n) is 5.13. The number of rotatable bonds is 2. The highest BCUT2D eigenvalue weighted by molar-refractivity contribution is 6.31. The van der Waals surface area contributed by atoms with Crippen LogP contribution >= 0.6 is 11.6 Å². The summed E-state index contributed by atoms with van der Waals surface area (Å²) in [5, 5.41) is 1.93. The summed E-state index contributed by atoms with van der Waals surface area (Å²) in [4.78, 5) is 0. The molecule has 0 fully saturated rings. The molecule has 2 N–H and O–H groups in total. The van der Waals surface area contributed by atoms with E-state index in [2.05, 4.69) is 30.5 Å². The van der Waals surface area contributed by atoms with Gasteiger partial charge in [-0.3, -0.25) is 0 Å². The molecule has 0 bridgehead atoms. The quantitative estimate of drug-likeness (QED) is 0.830. The molecule has 2 aromatic rings. The van der Waals surface area contributed by atoms with Gasteiger partial charge in [-0.1, -0.05) is 11.6 Å². The number of aromatic nitrogens is 1. The van der Waals surface area contributed by atoms with Crippen molar-refractivity contribution in [3.63, 3.8) is 0 Å². The summed E-state index contributed by atoms with van der Waals surface area (Å²) in [6, 6.07) is 8.48. The number of hydrogen-bond donors (Lipinski definition) is 1. The van der Waals surface area contributed by atoms with Crippen LogP contribution in [0.5, 0.6) is 0 Å². The van der Waals surface area contributed by atoms with Gasteiger partial charge < -0.3 is 10.3 Å². The maximum atomic E-state index is 5.96. The summed E-state index contributed by atoms with van der Waals surface area (Å²) in [5.74, 6) is 0. The van der Waals surface area contributed by atoms with Crippen LogP contribution in [0.2, 0.25) is 5.02 Å². The van der Waals surface area contributed by atoms with Crippen molar-refractivity contribution in [2.24, 2.45) is 5.73 Å². The van der Waals surface area contributed by atoms with Crippen LogP contribution < -0.4 is 5.73 Å². The van der Waals surface area contributed by atoms with Crippen LogP contribution in [0.25, 0.3) is 10.9 Å². The monoisotopic (exact) mass is 222 g/mol. The first-order valence-corrected chi connectivity index (χ1v) is 5.50. The fourth-order valence-electron chi connectivity index (χ4n) is 2.03. The topological polar surface area (TPSA) is 30.9 Å². The predicted molar refractivity (Wildman–Crippen MR) is 65.2 cm³/mol. The molecule has 0 radical (unpaired) electrons. The summed E-state index contributed by atoms with van der Waals surface area (Å²) in [7, 11) is 0. The SMILES string of the molecule is CC(C)n1c(CN)cc2cc(Cl)ccc21. The highest BCUT2D eigenvalue weighted by Crippen LogP contribution is 2.26. The summed E-state index contributed by atoms with van der Waals surface area (Å²) >= 11 is 5.96. The molecular weight excluding hydrogens is 208 g/mol. The molecule has 2 rings (SSSR count). The fraction of sp³-hybridized carbons (Fsp3) is 0.333. The van der Waals surface area contributed by atoms with Crippen LogP contribution in [-0.2, 0) is 6.54 Å². The second-order valence-corrected chi connectivity index (χ2v) is 4.44. The van der Waals surface area contributed by atoms with Crippen molar-refractivity contribution in [1.29, 1.82) is 0 Å². The molecule has 80 valence electrons. The Hall–Kier alpha value is -0.990. The molecule has 3 heteroatoms. The standard InChI is InChI=1S/C12H15ClN2/c1-8(2)15-11(7-14)6-9-5-10(13)3-4-12(9)15/h3-6,8H,7,14H2,1-2H3. The minimum atomic E-state index is 0.419. The molecular formula is C12H15ClN2. The van der Waals surface area contributed by atoms with Crippen LogP contribution in [0.1, 0.15) is 25.6 Å². The molecule has 0 spiro atoms. The van der Waals surface area contributed by atoms with Crippen molar-refractivity contribution < 1.29 is 0 Å². The highest BCUT2D eigenvalue weighted by Gasteiger charge is 2.10. The van der Waals surface area contributed by atoms with Crippen molar-refractivity contribution in [2.75, 3.05) is 0 Å². The van der Waals surface area contributed by atoms with E-state index in [-0.39, 0.29) is 0 Å². The smallest absolute Gasteiger partial charge is 0.0486 e. The van der Waals surface area contributed by atoms with Crippen LogP contribution in [-0.4, -0.2) is 4.57 Å². The first kappa shape index (κ1) is 10.5. The lowest BCUT2D eigenvalue weighted by molar-refractivity contribution is 0.595. The second-order valence-electron chi connectivity index (χ2n) is 4.01. The van der Waals surface area contributed by atoms with E-state index in [1.807, 2.05) is 12.1 Å². The Morgan fingerprint density at radius 3 is 2.67 bits per heavy atom. The maximum absolute atomic E-state index is 5.96. The van der Waals surface area contributed by atoms with Gasteiger partial charge in [-0.2, -0.15) is 0 Å². The zero-order valence-corrected chi connectivity index (χ0v) is 9.75. The summed E-state index contributed by atoms with van der Waals surface area (Å²) in [6.07, 6.45) is 0. The van der Waals surface area contributed by atoms with Gasteiger partial charge in [0.25, 0.3) is 0 Å². The molecule has 1 aromatic carbocycles. The molecule has 0 saturated heterocycles. The van der Waals surface area contributed by atoms with Gasteiger partial charge in [-0.15, -0.1) is 0 Å². The van der Waals surface area contributed by atoms with E-state index in [1.54, 1.807) is 0 Å². The largest absolute Gasteiger partial charge is 0.341 e. The van der Waals surface area contributed by atoms with Gasteiger partial charge >= 0.3 is 0 Å². The Labute approximate surface area is 94.6 Å². The first-order chi connectivity index (χ1) is 7.13. The average molecular weight is 223 g/mol. The molecule has 0 unspecified atom stereocenters. The maximum Gasteiger partial charge on any atom is 0.0486 e. The molecule has 0 atom stereocenters. The van der Waals surface area contributed by atoms with E-state index < -0.39 is 0 Å². The van der Waals surface area contributed by atoms with Crippen LogP contribution in [0, 0.1) is 0 Å². The third kappa shape index (κ3) is 1.75. The molecule has 0 saturated carbocycles. The van der Waals surface area contributed by atoms with Crippen LogP contribution in [0.3, 0.4) is 0 Å². The fourth-order valence-corrected chi connectivity index (χ4v) is 2.21. The third-order valence-electron chi connectivity index (χ3n) is 2.61. The van der Waals surface area contributed by atoms with E-state index in [9.17, 15) is 0 Å². The number of fused-ring (bicyclic) bond motifs is 1. The molecule has 1 heterocycles. The molecule has 15 heavy (non-hydrogen) atoms. The summed E-state index contributed by atoms with van der Waals surface area (Å²) in [5.41, 5.74) is 8.09. The summed E-state index contributed by atoms with van der Waals surface area (Å²) in [6.45, 7) is 4.88. The lowest BCUT2D eigenvalue weighted by Gasteiger charge is -2.13. The molecule has 0 aliphatic heterocycles. The number of benzene rings is 1. The Bertz CT molecular complexity index is 486. The van der Waals surface area contributed by atoms with E-state index in [1.165, 1.54) is 5.52 Å². The van der Waals surface area contributed by atoms with E-state index in [4.69, 9.17) is 17.3 Å². The third-order valence-corrected chi connectivity index (χ3v) is 2.84. The average Bonchev–Trinajstić information content (AvgIpc) is 2.54. The van der Waals surface area contributed by atoms with Gasteiger partial charge in [0.2, 0.25) is 0 Å². The molecule has 0 amide bonds. The molecule has 0 aliphatic rings. The highest BCUT2D eigenvalue weighted by atomic mass is 35.5. The zero-order chi connectivity index (χ0) is 11.0. The predicted octanol–water partition coefficient (Wildman–Crippen LogP) is 3.33. The van der Waals surface area contributed by atoms with Crippen molar-refractivity contribution in [2.45, 2.75) is 26.4 Å². The van der Waals surface area contributed by atoms with E-state index in [0.29, 0.717) is 12.6 Å². The van der Waals surface area contributed by atoms with Crippen LogP contribution in [0.4, 0.5) is 0 Å². The Morgan fingerprint density at radius 2 is 2.07 bits per heavy atom. The van der Waals surface area contributed by atoms with Crippen molar-refractivity contribution >= 4 is 22.5 Å². The summed E-state index contributed by atoms with van der Waals surface area (Å²) < 4.78 is 2.26. The lowest BCUT2D eigenvalue weighted by atomic mass is 10.2. The number of nitrogens with two attached hydrogens (primary N) is 1. The normalized spacial score (nSPS) is 11.5. The molecule has 1 aromatic heterocycles. The van der Waals surface area contributed by atoms with Crippen molar-refractivity contribution in [3.05, 3.63) is 35.0 Å². The van der Waals surface area contributed by atoms with Gasteiger partial charge in [0.1, 0.15) is 0 Å². The van der Waals surface area contributed by atoms with E-state index >= 15 is 0 Å². The number of halogens is 1. The molecule has 0 aliphatic carbocycles. The lowest BCUT2D eigenvalue weighted by Crippen LogP contribution is -2.08. The van der Waals surface area contributed by atoms with E-state index in [0.717, 1.165) is 16.1 Å². The van der Waals surface area contributed by atoms with Crippen LogP contribution in [0.15, 0.2) is 24.3 Å². The molecule has 2 nitrogen and oxygen atoms in total. The Morgan fingerprint density at radius 1 is 1.33 bits per heavy atom. The zero-order valence-electron chi connectivity index (χ0n) is 9.00. The van der Waals surface area contributed by atoms with Gasteiger partial charge in [-0.25, -0.2) is 0 Å². The van der Waals surface area contributed by atoms with Crippen molar-refractivity contribution in [1.82, 2.24) is 4.57 Å². The van der Waals surface area contributed by atoms with Gasteiger partial charge in [0, 0.05) is 34.2 Å². The van der Waals surface area contributed by atoms with Gasteiger partial charge in [-0.05, 0) is 38.1 Å². The Balaban J connectivity index is 2.74. The van der Waals surface area contributed by atoms with Gasteiger partial charge in [0.05, 0.1) is 0 Å². The number of hydrogen-bond acceptors (Lipinski definition) is 1. The Kier molecular flexibility index (Phi) is 2.72. The minimum absolute atomic E-state index is 0.419. The number of nitrogens with zero attached hydrogens (tertiary/aromatic N) is 1.